The normalized spacial score (nSPS) is 9.92. The van der Waals surface area contributed by atoms with Crippen molar-refractivity contribution in [1.29, 1.82) is 0 Å². The van der Waals surface area contributed by atoms with Gasteiger partial charge in [-0.15, -0.1) is 11.3 Å². The van der Waals surface area contributed by atoms with E-state index in [-0.39, 0.29) is 56.9 Å². The van der Waals surface area contributed by atoms with Crippen LogP contribution in [0.4, 0.5) is 0 Å². The van der Waals surface area contributed by atoms with Crippen molar-refractivity contribution in [2.24, 2.45) is 0 Å². The van der Waals surface area contributed by atoms with Gasteiger partial charge in [0.25, 0.3) is 5.56 Å². The second-order valence-electron chi connectivity index (χ2n) is 2.21. The third-order valence-electron chi connectivity index (χ3n) is 1.49. The summed E-state index contributed by atoms with van der Waals surface area (Å²) in [6.07, 6.45) is 1.89. The van der Waals surface area contributed by atoms with Crippen LogP contribution < -0.4 is 5.56 Å². The number of thioether (sulfide) groups is 1. The minimum absolute atomic E-state index is 0. The zero-order valence-corrected chi connectivity index (χ0v) is 12.1. The van der Waals surface area contributed by atoms with Gasteiger partial charge >= 0.3 is 0 Å². The minimum atomic E-state index is -0.0423. The SMILES string of the molecule is CSc1nc2ccsc2c(=O)[nH]1.[K]. The van der Waals surface area contributed by atoms with Crippen molar-refractivity contribution >= 4 is 84.7 Å². The zero-order valence-electron chi connectivity index (χ0n) is 7.33. The molecule has 2 heterocycles. The Morgan fingerprint density at radius 3 is 3.08 bits per heavy atom. The molecule has 0 bridgehead atoms. The smallest absolute Gasteiger partial charge is 0.269 e. The van der Waals surface area contributed by atoms with E-state index in [0.717, 1.165) is 5.52 Å². The van der Waals surface area contributed by atoms with Crippen LogP contribution in [0.25, 0.3) is 10.2 Å². The van der Waals surface area contributed by atoms with Crippen molar-refractivity contribution in [3.63, 3.8) is 0 Å². The van der Waals surface area contributed by atoms with Gasteiger partial charge in [0.15, 0.2) is 5.16 Å². The molecule has 0 aliphatic carbocycles. The van der Waals surface area contributed by atoms with Gasteiger partial charge in [-0.2, -0.15) is 0 Å². The van der Waals surface area contributed by atoms with Crippen LogP contribution in [0.5, 0.6) is 0 Å². The molecule has 0 fully saturated rings. The Balaban J connectivity index is 0.000000845. The number of hydrogen-bond acceptors (Lipinski definition) is 4. The van der Waals surface area contributed by atoms with Crippen molar-refractivity contribution in [1.82, 2.24) is 9.97 Å². The minimum Gasteiger partial charge on any atom is -0.300 e. The number of H-pyrrole nitrogens is 1. The van der Waals surface area contributed by atoms with E-state index in [4.69, 9.17) is 0 Å². The molecule has 0 spiro atoms. The number of hydrogen-bond donors (Lipinski definition) is 1. The number of rotatable bonds is 1. The van der Waals surface area contributed by atoms with Crippen molar-refractivity contribution in [3.8, 4) is 0 Å². The molecule has 63 valence electrons. The fourth-order valence-electron chi connectivity index (χ4n) is 0.948. The van der Waals surface area contributed by atoms with Gasteiger partial charge < -0.3 is 4.98 Å². The van der Waals surface area contributed by atoms with E-state index >= 15 is 0 Å². The zero-order chi connectivity index (χ0) is 8.55. The number of nitrogens with one attached hydrogen (secondary N) is 1. The third kappa shape index (κ3) is 2.44. The second kappa shape index (κ2) is 5.06. The topological polar surface area (TPSA) is 45.8 Å². The van der Waals surface area contributed by atoms with Crippen LogP contribution in [-0.2, 0) is 0 Å². The summed E-state index contributed by atoms with van der Waals surface area (Å²) in [6.45, 7) is 0. The summed E-state index contributed by atoms with van der Waals surface area (Å²) in [5.74, 6) is 0. The Labute approximate surface area is 126 Å². The third-order valence-corrected chi connectivity index (χ3v) is 2.97. The molecule has 0 aliphatic heterocycles. The number of thiophene rings is 1. The van der Waals surface area contributed by atoms with Crippen LogP contribution in [0.15, 0.2) is 21.4 Å². The Kier molecular flexibility index (Phi) is 4.63. The summed E-state index contributed by atoms with van der Waals surface area (Å²) >= 11 is 2.86. The van der Waals surface area contributed by atoms with Crippen LogP contribution in [0.3, 0.4) is 0 Å². The molecule has 1 N–H and O–H groups in total. The number of aromatic amines is 1. The largest absolute Gasteiger partial charge is 0.300 e. The van der Waals surface area contributed by atoms with Crippen LogP contribution in [-0.4, -0.2) is 67.6 Å². The summed E-state index contributed by atoms with van der Waals surface area (Å²) in [6, 6.07) is 1.86. The molecule has 0 atom stereocenters. The Hall–Kier alpha value is 0.826. The molecule has 13 heavy (non-hydrogen) atoms. The van der Waals surface area contributed by atoms with E-state index in [9.17, 15) is 4.79 Å². The number of nitrogens with zero attached hydrogens (tertiary/aromatic N) is 1. The van der Waals surface area contributed by atoms with E-state index in [2.05, 4.69) is 9.97 Å². The van der Waals surface area contributed by atoms with Gasteiger partial charge in [-0.05, 0) is 17.7 Å². The molecular formula is C7H6KN2OS2. The van der Waals surface area contributed by atoms with Gasteiger partial charge in [0.05, 0.1) is 5.52 Å². The van der Waals surface area contributed by atoms with E-state index in [0.29, 0.717) is 9.86 Å². The first-order chi connectivity index (χ1) is 5.81. The van der Waals surface area contributed by atoms with Crippen molar-refractivity contribution in [2.75, 3.05) is 6.26 Å². The average molecular weight is 237 g/mol. The summed E-state index contributed by atoms with van der Waals surface area (Å²) in [4.78, 5) is 18.2. The van der Waals surface area contributed by atoms with Crippen molar-refractivity contribution < 1.29 is 0 Å². The van der Waals surface area contributed by atoms with Gasteiger partial charge in [0.2, 0.25) is 0 Å². The van der Waals surface area contributed by atoms with Crippen LogP contribution in [0.2, 0.25) is 0 Å². The van der Waals surface area contributed by atoms with Crippen molar-refractivity contribution in [2.45, 2.75) is 5.16 Å². The van der Waals surface area contributed by atoms with Gasteiger partial charge in [-0.25, -0.2) is 4.98 Å². The maximum Gasteiger partial charge on any atom is 0.269 e. The van der Waals surface area contributed by atoms with Crippen LogP contribution >= 0.6 is 23.1 Å². The van der Waals surface area contributed by atoms with Crippen LogP contribution in [0, 0.1) is 0 Å². The summed E-state index contributed by atoms with van der Waals surface area (Å²) in [5, 5.41) is 2.54. The van der Waals surface area contributed by atoms with Gasteiger partial charge in [0, 0.05) is 51.4 Å². The molecule has 0 unspecified atom stereocenters. The number of aromatic nitrogens is 2. The van der Waals surface area contributed by atoms with E-state index in [1.165, 1.54) is 23.1 Å². The van der Waals surface area contributed by atoms with E-state index in [1.807, 2.05) is 17.7 Å². The molecule has 2 aromatic heterocycles. The first-order valence-corrected chi connectivity index (χ1v) is 5.43. The van der Waals surface area contributed by atoms with Crippen LogP contribution in [0.1, 0.15) is 0 Å². The Morgan fingerprint density at radius 2 is 2.38 bits per heavy atom. The molecule has 2 rings (SSSR count). The fourth-order valence-corrected chi connectivity index (χ4v) is 2.06. The molecule has 0 saturated carbocycles. The summed E-state index contributed by atoms with van der Waals surface area (Å²) in [5.41, 5.74) is 0.743. The Morgan fingerprint density at radius 1 is 1.62 bits per heavy atom. The van der Waals surface area contributed by atoms with Gasteiger partial charge in [-0.1, -0.05) is 11.8 Å². The monoisotopic (exact) mass is 237 g/mol. The first-order valence-electron chi connectivity index (χ1n) is 3.33. The van der Waals surface area contributed by atoms with E-state index < -0.39 is 0 Å². The Bertz CT molecular complexity index is 465. The molecule has 1 radical (unpaired) electrons. The second-order valence-corrected chi connectivity index (χ2v) is 3.92. The predicted octanol–water partition coefficient (Wildman–Crippen LogP) is 1.33. The standard InChI is InChI=1S/C7H6N2OS2.K/c1-11-7-8-4-2-3-12-5(4)6(10)9-7;/h2-3H,1H3,(H,8,9,10);. The van der Waals surface area contributed by atoms with Gasteiger partial charge in [-0.3, -0.25) is 4.79 Å². The average Bonchev–Trinajstić information content (AvgIpc) is 2.52. The fraction of sp³-hybridized carbons (Fsp3) is 0.143. The molecule has 0 aliphatic rings. The number of fused-ring (bicyclic) bond motifs is 1. The summed E-state index contributed by atoms with van der Waals surface area (Å²) < 4.78 is 0.702. The molecule has 2 aromatic rings. The summed E-state index contributed by atoms with van der Waals surface area (Å²) in [7, 11) is 0. The quantitative estimate of drug-likeness (QED) is 0.462. The molecule has 0 saturated heterocycles. The van der Waals surface area contributed by atoms with E-state index in [1.54, 1.807) is 0 Å². The first kappa shape index (κ1) is 11.9. The molecular weight excluding hydrogens is 231 g/mol. The maximum atomic E-state index is 11.3. The molecule has 0 amide bonds. The molecule has 6 heteroatoms. The maximum absolute atomic E-state index is 11.3. The predicted molar refractivity (Wildman–Crippen MR) is 57.8 cm³/mol. The molecule has 3 nitrogen and oxygen atoms in total. The van der Waals surface area contributed by atoms with Crippen molar-refractivity contribution in [3.05, 3.63) is 21.8 Å². The van der Waals surface area contributed by atoms with Gasteiger partial charge in [0.1, 0.15) is 4.70 Å². The molecule has 0 aromatic carbocycles.